The maximum absolute atomic E-state index is 12.5. The Bertz CT molecular complexity index is 714. The van der Waals surface area contributed by atoms with Crippen molar-refractivity contribution in [3.05, 3.63) is 42.5 Å². The van der Waals surface area contributed by atoms with Crippen LogP contribution >= 0.6 is 0 Å². The first-order valence-electron chi connectivity index (χ1n) is 7.69. The predicted octanol–water partition coefficient (Wildman–Crippen LogP) is -0.395. The van der Waals surface area contributed by atoms with Crippen LogP contribution in [0.5, 0.6) is 0 Å². The Kier molecular flexibility index (Phi) is 5.53. The zero-order valence-corrected chi connectivity index (χ0v) is 14.0. The molecule has 0 radical (unpaired) electrons. The third-order valence-electron chi connectivity index (χ3n) is 3.96. The summed E-state index contributed by atoms with van der Waals surface area (Å²) in [5.74, 6) is -1.43. The van der Waals surface area contributed by atoms with Gasteiger partial charge in [0, 0.05) is 31.4 Å². The Morgan fingerprint density at radius 1 is 1.24 bits per heavy atom. The van der Waals surface area contributed by atoms with Gasteiger partial charge in [0.2, 0.25) is 17.7 Å². The quantitative estimate of drug-likeness (QED) is 0.734. The van der Waals surface area contributed by atoms with Crippen molar-refractivity contribution in [2.24, 2.45) is 5.73 Å². The van der Waals surface area contributed by atoms with Crippen LogP contribution in [0.4, 0.5) is 5.69 Å². The van der Waals surface area contributed by atoms with Crippen LogP contribution in [0.1, 0.15) is 10.4 Å². The number of primary amides is 1. The van der Waals surface area contributed by atoms with Gasteiger partial charge in [0.1, 0.15) is 6.54 Å². The summed E-state index contributed by atoms with van der Waals surface area (Å²) in [6, 6.07) is 6.51. The van der Waals surface area contributed by atoms with E-state index in [1.807, 2.05) is 0 Å². The van der Waals surface area contributed by atoms with Gasteiger partial charge in [-0.3, -0.25) is 19.2 Å². The molecule has 8 heteroatoms. The van der Waals surface area contributed by atoms with Crippen molar-refractivity contribution in [1.82, 2.24) is 9.80 Å². The number of nitrogens with two attached hydrogens (primary N) is 1. The zero-order valence-electron chi connectivity index (χ0n) is 14.0. The number of amides is 4. The lowest BCUT2D eigenvalue weighted by molar-refractivity contribution is -0.138. The molecule has 1 aromatic carbocycles. The average molecular weight is 344 g/mol. The lowest BCUT2D eigenvalue weighted by Gasteiger charge is -2.33. The topological polar surface area (TPSA) is 104 Å². The van der Waals surface area contributed by atoms with E-state index in [4.69, 9.17) is 5.73 Å². The maximum Gasteiger partial charge on any atom is 0.254 e. The van der Waals surface area contributed by atoms with Crippen LogP contribution in [0, 0.1) is 0 Å². The molecule has 8 nitrogen and oxygen atoms in total. The van der Waals surface area contributed by atoms with E-state index in [1.165, 1.54) is 20.8 Å². The number of carbonyl (C=O) groups is 4. The number of anilines is 1. The van der Waals surface area contributed by atoms with Gasteiger partial charge >= 0.3 is 0 Å². The Morgan fingerprint density at radius 3 is 2.40 bits per heavy atom. The average Bonchev–Trinajstić information content (AvgIpc) is 2.61. The number of piperazine rings is 1. The van der Waals surface area contributed by atoms with Gasteiger partial charge in [-0.25, -0.2) is 0 Å². The highest BCUT2D eigenvalue weighted by molar-refractivity contribution is 6.01. The molecule has 25 heavy (non-hydrogen) atoms. The SMILES string of the molecule is C=CC(=O)N(C)c1ccc(C(=O)N2CCN(CC(N)=O)C(=O)C2)cc1. The highest BCUT2D eigenvalue weighted by Crippen LogP contribution is 2.16. The number of hydrogen-bond donors (Lipinski definition) is 1. The molecule has 1 saturated heterocycles. The lowest BCUT2D eigenvalue weighted by Crippen LogP contribution is -2.54. The molecule has 1 aliphatic heterocycles. The molecule has 1 aromatic rings. The van der Waals surface area contributed by atoms with Crippen molar-refractivity contribution >= 4 is 29.3 Å². The van der Waals surface area contributed by atoms with E-state index in [-0.39, 0.29) is 37.4 Å². The molecule has 2 N–H and O–H groups in total. The van der Waals surface area contributed by atoms with Crippen LogP contribution in [0.15, 0.2) is 36.9 Å². The lowest BCUT2D eigenvalue weighted by atomic mass is 10.1. The summed E-state index contributed by atoms with van der Waals surface area (Å²) in [6.45, 7) is 3.79. The first-order valence-corrected chi connectivity index (χ1v) is 7.69. The minimum atomic E-state index is -0.582. The van der Waals surface area contributed by atoms with Gasteiger partial charge in [0.25, 0.3) is 5.91 Å². The largest absolute Gasteiger partial charge is 0.368 e. The van der Waals surface area contributed by atoms with Crippen LogP contribution in [0.2, 0.25) is 0 Å². The third kappa shape index (κ3) is 4.23. The van der Waals surface area contributed by atoms with Crippen LogP contribution < -0.4 is 10.6 Å². The maximum atomic E-state index is 12.5. The number of carbonyl (C=O) groups excluding carboxylic acids is 4. The predicted molar refractivity (Wildman–Crippen MR) is 91.7 cm³/mol. The molecule has 1 heterocycles. The molecule has 1 aliphatic rings. The van der Waals surface area contributed by atoms with Crippen molar-refractivity contribution < 1.29 is 19.2 Å². The van der Waals surface area contributed by atoms with Crippen LogP contribution in [0.3, 0.4) is 0 Å². The smallest absolute Gasteiger partial charge is 0.254 e. The summed E-state index contributed by atoms with van der Waals surface area (Å²) in [5, 5.41) is 0. The van der Waals surface area contributed by atoms with Gasteiger partial charge in [-0.15, -0.1) is 0 Å². The summed E-state index contributed by atoms with van der Waals surface area (Å²) in [7, 11) is 1.61. The van der Waals surface area contributed by atoms with E-state index in [1.54, 1.807) is 31.3 Å². The van der Waals surface area contributed by atoms with Crippen molar-refractivity contribution in [2.75, 3.05) is 38.1 Å². The van der Waals surface area contributed by atoms with Crippen molar-refractivity contribution in [3.63, 3.8) is 0 Å². The summed E-state index contributed by atoms with van der Waals surface area (Å²) in [6.07, 6.45) is 1.20. The Morgan fingerprint density at radius 2 is 1.88 bits per heavy atom. The number of nitrogens with zero attached hydrogens (tertiary/aromatic N) is 3. The van der Waals surface area contributed by atoms with E-state index in [0.717, 1.165) is 0 Å². The van der Waals surface area contributed by atoms with Crippen molar-refractivity contribution in [2.45, 2.75) is 0 Å². The summed E-state index contributed by atoms with van der Waals surface area (Å²) < 4.78 is 0. The Labute approximate surface area is 145 Å². The Hall–Kier alpha value is -3.16. The molecule has 1 fully saturated rings. The second-order valence-electron chi connectivity index (χ2n) is 5.66. The summed E-state index contributed by atoms with van der Waals surface area (Å²) in [5.41, 5.74) is 6.14. The van der Waals surface area contributed by atoms with Crippen LogP contribution in [0.25, 0.3) is 0 Å². The molecular weight excluding hydrogens is 324 g/mol. The highest BCUT2D eigenvalue weighted by Gasteiger charge is 2.28. The first-order chi connectivity index (χ1) is 11.8. The second kappa shape index (κ2) is 7.61. The molecule has 2 rings (SSSR count). The van der Waals surface area contributed by atoms with Gasteiger partial charge < -0.3 is 20.4 Å². The minimum Gasteiger partial charge on any atom is -0.368 e. The van der Waals surface area contributed by atoms with E-state index < -0.39 is 5.91 Å². The first kappa shape index (κ1) is 18.2. The standard InChI is InChI=1S/C17H20N4O4/c1-3-15(23)19(2)13-6-4-12(5-7-13)17(25)21-9-8-20(10-14(18)22)16(24)11-21/h3-7H,1,8-11H2,2H3,(H2,18,22). The third-order valence-corrected chi connectivity index (χ3v) is 3.96. The van der Waals surface area contributed by atoms with Crippen LogP contribution in [-0.4, -0.2) is 66.7 Å². The fourth-order valence-corrected chi connectivity index (χ4v) is 2.51. The molecule has 132 valence electrons. The molecule has 0 aromatic heterocycles. The number of rotatable bonds is 5. The molecule has 0 spiro atoms. The van der Waals surface area contributed by atoms with E-state index >= 15 is 0 Å². The van der Waals surface area contributed by atoms with Gasteiger partial charge in [-0.05, 0) is 30.3 Å². The molecule has 0 aliphatic carbocycles. The molecule has 0 bridgehead atoms. The monoisotopic (exact) mass is 344 g/mol. The van der Waals surface area contributed by atoms with Crippen LogP contribution in [-0.2, 0) is 14.4 Å². The minimum absolute atomic E-state index is 0.0945. The molecular formula is C17H20N4O4. The van der Waals surface area contributed by atoms with Gasteiger partial charge in [-0.1, -0.05) is 6.58 Å². The van der Waals surface area contributed by atoms with Gasteiger partial charge in [-0.2, -0.15) is 0 Å². The van der Waals surface area contributed by atoms with Gasteiger partial charge in [0.05, 0.1) is 6.54 Å². The van der Waals surface area contributed by atoms with E-state index in [9.17, 15) is 19.2 Å². The summed E-state index contributed by atoms with van der Waals surface area (Å²) >= 11 is 0. The second-order valence-corrected chi connectivity index (χ2v) is 5.66. The fourth-order valence-electron chi connectivity index (χ4n) is 2.51. The normalized spacial score (nSPS) is 14.2. The Balaban J connectivity index is 2.04. The molecule has 0 saturated carbocycles. The number of benzene rings is 1. The zero-order chi connectivity index (χ0) is 18.6. The summed E-state index contributed by atoms with van der Waals surface area (Å²) in [4.78, 5) is 51.2. The van der Waals surface area contributed by atoms with Crippen molar-refractivity contribution in [3.8, 4) is 0 Å². The van der Waals surface area contributed by atoms with Crippen molar-refractivity contribution in [1.29, 1.82) is 0 Å². The fraction of sp³-hybridized carbons (Fsp3) is 0.294. The van der Waals surface area contributed by atoms with E-state index in [2.05, 4.69) is 6.58 Å². The van der Waals surface area contributed by atoms with Gasteiger partial charge in [0.15, 0.2) is 0 Å². The highest BCUT2D eigenvalue weighted by atomic mass is 16.2. The molecule has 0 unspecified atom stereocenters. The molecule has 4 amide bonds. The van der Waals surface area contributed by atoms with E-state index in [0.29, 0.717) is 17.8 Å². The molecule has 0 atom stereocenters. The number of likely N-dealkylation sites (N-methyl/N-ethyl adjacent to an activating group) is 1. The number of hydrogen-bond acceptors (Lipinski definition) is 4.